The van der Waals surface area contributed by atoms with E-state index in [-0.39, 0.29) is 25.6 Å². The number of rotatable bonds is 68. The molecule has 0 saturated carbocycles. The summed E-state index contributed by atoms with van der Waals surface area (Å²) in [7, 11) is 1.50. The van der Waals surface area contributed by atoms with Gasteiger partial charge in [0, 0.05) is 12.8 Å². The first-order valence-corrected chi connectivity index (χ1v) is 37.4. The van der Waals surface area contributed by atoms with Crippen molar-refractivity contribution in [2.75, 3.05) is 47.5 Å². The SMILES string of the molecule is CCCCCCCCCC/C=C\CCCCCCCCCCCCCCCCCC(=O)OC(COC(=O)CCCCCCCCCCCCCCCCCCCCCCCCCCCCCCCC)COP(=O)(O)OCC[N+](C)(C)C. The molecular formula is C71H141NO8P+. The van der Waals surface area contributed by atoms with E-state index in [1.54, 1.807) is 0 Å². The lowest BCUT2D eigenvalue weighted by atomic mass is 10.0. The van der Waals surface area contributed by atoms with Gasteiger partial charge in [0.2, 0.25) is 0 Å². The van der Waals surface area contributed by atoms with Gasteiger partial charge in [-0.3, -0.25) is 18.6 Å². The molecule has 2 atom stereocenters. The minimum absolute atomic E-state index is 0.0363. The van der Waals surface area contributed by atoms with E-state index in [9.17, 15) is 19.0 Å². The van der Waals surface area contributed by atoms with Crippen molar-refractivity contribution in [2.45, 2.75) is 386 Å². The highest BCUT2D eigenvalue weighted by Crippen LogP contribution is 2.43. The zero-order chi connectivity index (χ0) is 59.1. The first-order chi connectivity index (χ1) is 39.5. The molecule has 0 rings (SSSR count). The van der Waals surface area contributed by atoms with Gasteiger partial charge < -0.3 is 18.9 Å². The molecule has 482 valence electrons. The number of quaternary nitrogens is 1. The van der Waals surface area contributed by atoms with Crippen LogP contribution in [0.25, 0.3) is 0 Å². The van der Waals surface area contributed by atoms with E-state index < -0.39 is 26.5 Å². The Bertz CT molecular complexity index is 1370. The van der Waals surface area contributed by atoms with Gasteiger partial charge in [-0.15, -0.1) is 0 Å². The molecule has 0 bridgehead atoms. The van der Waals surface area contributed by atoms with Gasteiger partial charge in [-0.25, -0.2) is 4.57 Å². The Morgan fingerprint density at radius 1 is 0.370 bits per heavy atom. The second kappa shape index (κ2) is 63.3. The Hall–Kier alpha value is -1.25. The molecule has 9 nitrogen and oxygen atoms in total. The van der Waals surface area contributed by atoms with E-state index in [0.717, 1.165) is 32.1 Å². The summed E-state index contributed by atoms with van der Waals surface area (Å²) in [6.45, 7) is 4.52. The minimum atomic E-state index is -4.39. The average Bonchev–Trinajstić information content (AvgIpc) is 3.43. The summed E-state index contributed by atoms with van der Waals surface area (Å²) in [5, 5.41) is 0. The summed E-state index contributed by atoms with van der Waals surface area (Å²) < 4.78 is 34.8. The van der Waals surface area contributed by atoms with Crippen LogP contribution in [-0.2, 0) is 32.7 Å². The first-order valence-electron chi connectivity index (χ1n) is 35.9. The number of ether oxygens (including phenoxy) is 2. The van der Waals surface area contributed by atoms with Crippen molar-refractivity contribution in [2.24, 2.45) is 0 Å². The molecule has 0 aromatic heterocycles. The Balaban J connectivity index is 3.97. The highest BCUT2D eigenvalue weighted by Gasteiger charge is 2.27. The fourth-order valence-corrected chi connectivity index (χ4v) is 11.8. The van der Waals surface area contributed by atoms with Gasteiger partial charge in [-0.05, 0) is 38.5 Å². The van der Waals surface area contributed by atoms with Gasteiger partial charge in [0.15, 0.2) is 6.10 Å². The zero-order valence-corrected chi connectivity index (χ0v) is 56.0. The summed E-state index contributed by atoms with van der Waals surface area (Å²) in [4.78, 5) is 35.9. The zero-order valence-electron chi connectivity index (χ0n) is 55.1. The number of hydrogen-bond donors (Lipinski definition) is 1. The minimum Gasteiger partial charge on any atom is -0.462 e. The van der Waals surface area contributed by atoms with Crippen LogP contribution in [0.4, 0.5) is 0 Å². The van der Waals surface area contributed by atoms with Crippen LogP contribution in [0, 0.1) is 0 Å². The van der Waals surface area contributed by atoms with Crippen molar-refractivity contribution < 1.29 is 42.1 Å². The summed E-state index contributed by atoms with van der Waals surface area (Å²) >= 11 is 0. The molecule has 0 saturated heterocycles. The molecule has 10 heteroatoms. The molecule has 0 fully saturated rings. The van der Waals surface area contributed by atoms with Crippen molar-refractivity contribution in [1.29, 1.82) is 0 Å². The normalized spacial score (nSPS) is 13.1. The van der Waals surface area contributed by atoms with Crippen molar-refractivity contribution in [1.82, 2.24) is 0 Å². The number of hydrogen-bond acceptors (Lipinski definition) is 7. The van der Waals surface area contributed by atoms with Gasteiger partial charge in [-0.2, -0.15) is 0 Å². The lowest BCUT2D eigenvalue weighted by Gasteiger charge is -2.24. The fraction of sp³-hybridized carbons (Fsp3) is 0.944. The number of unbranched alkanes of at least 4 members (excludes halogenated alkanes) is 52. The molecule has 0 spiro atoms. The Kier molecular flexibility index (Phi) is 62.3. The monoisotopic (exact) mass is 1170 g/mol. The Morgan fingerprint density at radius 3 is 0.914 bits per heavy atom. The van der Waals surface area contributed by atoms with Crippen LogP contribution >= 0.6 is 7.82 Å². The average molecular weight is 1170 g/mol. The maximum absolute atomic E-state index is 12.9. The molecule has 81 heavy (non-hydrogen) atoms. The summed E-state index contributed by atoms with van der Waals surface area (Å²) in [5.74, 6) is -0.771. The van der Waals surface area contributed by atoms with E-state index >= 15 is 0 Å². The third-order valence-corrected chi connectivity index (χ3v) is 17.5. The van der Waals surface area contributed by atoms with Crippen molar-refractivity contribution >= 4 is 19.8 Å². The number of allylic oxidation sites excluding steroid dienone is 2. The van der Waals surface area contributed by atoms with Crippen LogP contribution in [0.15, 0.2) is 12.2 Å². The lowest BCUT2D eigenvalue weighted by molar-refractivity contribution is -0.870. The van der Waals surface area contributed by atoms with Crippen molar-refractivity contribution in [3.8, 4) is 0 Å². The fourth-order valence-electron chi connectivity index (χ4n) is 11.0. The second-order valence-electron chi connectivity index (χ2n) is 26.0. The maximum Gasteiger partial charge on any atom is 0.472 e. The first kappa shape index (κ1) is 79.8. The van der Waals surface area contributed by atoms with Gasteiger partial charge in [0.05, 0.1) is 27.7 Å². The van der Waals surface area contributed by atoms with E-state index in [0.29, 0.717) is 23.9 Å². The third kappa shape index (κ3) is 67.7. The molecule has 0 radical (unpaired) electrons. The van der Waals surface area contributed by atoms with Crippen LogP contribution in [0.1, 0.15) is 380 Å². The van der Waals surface area contributed by atoms with Gasteiger partial charge >= 0.3 is 19.8 Å². The molecule has 2 unspecified atom stereocenters. The topological polar surface area (TPSA) is 108 Å². The van der Waals surface area contributed by atoms with E-state index in [1.807, 2.05) is 21.1 Å². The highest BCUT2D eigenvalue weighted by molar-refractivity contribution is 7.47. The number of phosphoric ester groups is 1. The van der Waals surface area contributed by atoms with Gasteiger partial charge in [0.1, 0.15) is 19.8 Å². The van der Waals surface area contributed by atoms with E-state index in [4.69, 9.17) is 18.5 Å². The molecule has 0 aromatic carbocycles. The highest BCUT2D eigenvalue weighted by atomic mass is 31.2. The maximum atomic E-state index is 12.9. The third-order valence-electron chi connectivity index (χ3n) is 16.5. The molecule has 0 aliphatic heterocycles. The number of phosphoric acid groups is 1. The summed E-state index contributed by atoms with van der Waals surface area (Å²) in [6, 6.07) is 0. The molecule has 0 amide bonds. The number of nitrogens with zero attached hydrogens (tertiary/aromatic N) is 1. The molecule has 0 aliphatic rings. The molecule has 1 N–H and O–H groups in total. The van der Waals surface area contributed by atoms with Gasteiger partial charge in [0.25, 0.3) is 0 Å². The number of carbonyl (C=O) groups excluding carboxylic acids is 2. The van der Waals surface area contributed by atoms with Crippen LogP contribution in [0.2, 0.25) is 0 Å². The Labute approximate surface area is 505 Å². The number of carbonyl (C=O) groups is 2. The standard InChI is InChI=1S/C71H140NO8P/c1-6-8-10-12-14-16-18-20-22-24-26-28-30-32-34-35-36-38-39-41-43-45-47-49-51-53-55-57-59-61-63-70(73)77-67-69(68-79-81(75,76)78-66-65-72(3,4)5)80-71(74)64-62-60-58-56-54-52-50-48-46-44-42-40-37-33-31-29-27-25-23-21-19-17-15-13-11-9-7-2/h25,27,69H,6-24,26,28-68H2,1-5H3/p+1/b27-25-. The predicted molar refractivity (Wildman–Crippen MR) is 349 cm³/mol. The van der Waals surface area contributed by atoms with Crippen molar-refractivity contribution in [3.63, 3.8) is 0 Å². The molecule has 0 aliphatic carbocycles. The molecule has 0 aromatic rings. The van der Waals surface area contributed by atoms with E-state index in [1.165, 1.54) is 315 Å². The summed E-state index contributed by atoms with van der Waals surface area (Å²) in [5.41, 5.74) is 0. The number of esters is 2. The number of likely N-dealkylation sites (N-methyl/N-ethyl adjacent to an activating group) is 1. The predicted octanol–water partition coefficient (Wildman–Crippen LogP) is 23.1. The summed E-state index contributed by atoms with van der Waals surface area (Å²) in [6.07, 6.45) is 77.6. The van der Waals surface area contributed by atoms with Crippen LogP contribution in [0.5, 0.6) is 0 Å². The lowest BCUT2D eigenvalue weighted by Crippen LogP contribution is -2.37. The van der Waals surface area contributed by atoms with E-state index in [2.05, 4.69) is 26.0 Å². The van der Waals surface area contributed by atoms with Crippen LogP contribution < -0.4 is 0 Å². The van der Waals surface area contributed by atoms with Crippen LogP contribution in [0.3, 0.4) is 0 Å². The molecular weight excluding hydrogens is 1030 g/mol. The smallest absolute Gasteiger partial charge is 0.462 e. The largest absolute Gasteiger partial charge is 0.472 e. The van der Waals surface area contributed by atoms with Crippen LogP contribution in [-0.4, -0.2) is 74.9 Å². The Morgan fingerprint density at radius 2 is 0.630 bits per heavy atom. The quantitative estimate of drug-likeness (QED) is 0.0211. The second-order valence-corrected chi connectivity index (χ2v) is 27.4. The van der Waals surface area contributed by atoms with Gasteiger partial charge in [-0.1, -0.05) is 341 Å². The molecule has 0 heterocycles. The van der Waals surface area contributed by atoms with Crippen molar-refractivity contribution in [3.05, 3.63) is 12.2 Å².